The summed E-state index contributed by atoms with van der Waals surface area (Å²) < 4.78 is 5.95. The number of allylic oxidation sites excluding steroid dienone is 3. The van der Waals surface area contributed by atoms with Crippen LogP contribution in [-0.4, -0.2) is 6.10 Å². The van der Waals surface area contributed by atoms with E-state index in [9.17, 15) is 0 Å². The van der Waals surface area contributed by atoms with E-state index in [1.165, 1.54) is 11.3 Å². The highest BCUT2D eigenvalue weighted by molar-refractivity contribution is 6.29. The summed E-state index contributed by atoms with van der Waals surface area (Å²) in [5.41, 5.74) is 1.54. The Morgan fingerprint density at radius 2 is 2.07 bits per heavy atom. The van der Waals surface area contributed by atoms with Crippen LogP contribution >= 0.6 is 11.6 Å². The first-order valence-corrected chi connectivity index (χ1v) is 5.59. The molecule has 2 rings (SSSR count). The molecular weight excluding hydrogens is 196 g/mol. The van der Waals surface area contributed by atoms with E-state index in [1.807, 2.05) is 0 Å². The van der Waals surface area contributed by atoms with Gasteiger partial charge in [-0.3, -0.25) is 0 Å². The molecule has 0 bridgehead atoms. The van der Waals surface area contributed by atoms with Crippen molar-refractivity contribution >= 4 is 11.6 Å². The summed E-state index contributed by atoms with van der Waals surface area (Å²) in [6.07, 6.45) is 5.36. The average Bonchev–Trinajstić information content (AvgIpc) is 2.45. The minimum atomic E-state index is 0.220. The highest BCUT2D eigenvalue weighted by atomic mass is 35.5. The van der Waals surface area contributed by atoms with Crippen molar-refractivity contribution in [3.05, 3.63) is 22.4 Å². The van der Waals surface area contributed by atoms with Crippen molar-refractivity contribution in [1.29, 1.82) is 0 Å². The Morgan fingerprint density at radius 3 is 2.71 bits per heavy atom. The summed E-state index contributed by atoms with van der Waals surface area (Å²) in [4.78, 5) is 0. The average molecular weight is 213 g/mol. The molecule has 1 heterocycles. The lowest BCUT2D eigenvalue weighted by molar-refractivity contribution is 0.0456. The normalized spacial score (nSPS) is 27.1. The molecule has 0 saturated heterocycles. The fourth-order valence-electron chi connectivity index (χ4n) is 1.94. The molecule has 0 aromatic carbocycles. The van der Waals surface area contributed by atoms with Crippen LogP contribution < -0.4 is 0 Å². The van der Waals surface area contributed by atoms with E-state index in [4.69, 9.17) is 16.3 Å². The van der Waals surface area contributed by atoms with Crippen LogP contribution in [0.25, 0.3) is 0 Å². The first-order valence-electron chi connectivity index (χ1n) is 5.21. The van der Waals surface area contributed by atoms with Gasteiger partial charge in [0.2, 0.25) is 0 Å². The Hall–Kier alpha value is -0.430. The molecule has 0 radical (unpaired) electrons. The van der Waals surface area contributed by atoms with Crippen LogP contribution in [0.3, 0.4) is 0 Å². The summed E-state index contributed by atoms with van der Waals surface area (Å²) >= 11 is 6.02. The molecule has 1 nitrogen and oxygen atoms in total. The molecule has 0 fully saturated rings. The van der Waals surface area contributed by atoms with E-state index < -0.39 is 0 Å². The van der Waals surface area contributed by atoms with Crippen molar-refractivity contribution in [2.24, 2.45) is 5.41 Å². The highest BCUT2D eigenvalue weighted by Crippen LogP contribution is 2.41. The second kappa shape index (κ2) is 3.30. The van der Waals surface area contributed by atoms with Gasteiger partial charge in [-0.05, 0) is 23.5 Å². The molecule has 0 amide bonds. The zero-order valence-electron chi connectivity index (χ0n) is 9.06. The maximum absolute atomic E-state index is 6.02. The molecule has 1 aliphatic carbocycles. The quantitative estimate of drug-likeness (QED) is 0.590. The van der Waals surface area contributed by atoms with Crippen molar-refractivity contribution in [1.82, 2.24) is 0 Å². The fourth-order valence-corrected chi connectivity index (χ4v) is 2.16. The molecule has 1 aliphatic heterocycles. The second-order valence-corrected chi connectivity index (χ2v) is 5.70. The molecule has 78 valence electrons. The molecule has 0 saturated carbocycles. The van der Waals surface area contributed by atoms with Gasteiger partial charge in [0.25, 0.3) is 0 Å². The maximum atomic E-state index is 6.02. The first-order chi connectivity index (χ1) is 6.47. The van der Waals surface area contributed by atoms with Gasteiger partial charge in [0.05, 0.1) is 0 Å². The zero-order chi connectivity index (χ0) is 10.3. The number of hydrogen-bond donors (Lipinski definition) is 0. The summed E-state index contributed by atoms with van der Waals surface area (Å²) in [7, 11) is 0. The van der Waals surface area contributed by atoms with E-state index in [-0.39, 0.29) is 5.41 Å². The lowest BCUT2D eigenvalue weighted by Crippen LogP contribution is -2.25. The minimum absolute atomic E-state index is 0.220. The van der Waals surface area contributed by atoms with Gasteiger partial charge in [-0.25, -0.2) is 0 Å². The molecule has 0 aromatic heterocycles. The van der Waals surface area contributed by atoms with Crippen molar-refractivity contribution in [2.75, 3.05) is 0 Å². The van der Waals surface area contributed by atoms with E-state index in [2.05, 4.69) is 26.8 Å². The molecule has 1 unspecified atom stereocenters. The number of hydrogen-bond acceptors (Lipinski definition) is 1. The Morgan fingerprint density at radius 1 is 1.36 bits per heavy atom. The van der Waals surface area contributed by atoms with Crippen molar-refractivity contribution < 1.29 is 4.74 Å². The van der Waals surface area contributed by atoms with Gasteiger partial charge >= 0.3 is 0 Å². The summed E-state index contributed by atoms with van der Waals surface area (Å²) in [6, 6.07) is 0. The highest BCUT2D eigenvalue weighted by Gasteiger charge is 2.34. The topological polar surface area (TPSA) is 9.23 Å². The van der Waals surface area contributed by atoms with Gasteiger partial charge in [-0.1, -0.05) is 32.4 Å². The van der Waals surface area contributed by atoms with E-state index >= 15 is 0 Å². The lowest BCUT2D eigenvalue weighted by Gasteiger charge is -2.27. The van der Waals surface area contributed by atoms with Crippen LogP contribution in [0.2, 0.25) is 0 Å². The predicted molar refractivity (Wildman–Crippen MR) is 59.1 cm³/mol. The van der Waals surface area contributed by atoms with Crippen molar-refractivity contribution in [3.8, 4) is 0 Å². The van der Waals surface area contributed by atoms with Gasteiger partial charge in [-0.15, -0.1) is 0 Å². The minimum Gasteiger partial charge on any atom is -0.494 e. The monoisotopic (exact) mass is 212 g/mol. The molecule has 14 heavy (non-hydrogen) atoms. The number of ether oxygens (including phenoxy) is 1. The summed E-state index contributed by atoms with van der Waals surface area (Å²) in [5.74, 6) is 1.18. The largest absolute Gasteiger partial charge is 0.494 e. The standard InChI is InChI=1S/C12H17ClO/c1-12(2,3)11-7-8-6-9(13)4-5-10(8)14-11/h6,11H,4-5,7H2,1-3H3. The van der Waals surface area contributed by atoms with Crippen LogP contribution in [-0.2, 0) is 4.74 Å². The third-order valence-corrected chi connectivity index (χ3v) is 3.23. The number of halogens is 1. The Balaban J connectivity index is 2.13. The van der Waals surface area contributed by atoms with Crippen molar-refractivity contribution in [3.63, 3.8) is 0 Å². The Bertz CT molecular complexity index is 307. The molecule has 2 heteroatoms. The van der Waals surface area contributed by atoms with Gasteiger partial charge < -0.3 is 4.74 Å². The summed E-state index contributed by atoms with van der Waals surface area (Å²) in [6.45, 7) is 6.67. The van der Waals surface area contributed by atoms with Crippen LogP contribution in [0.5, 0.6) is 0 Å². The first kappa shape index (κ1) is 10.1. The van der Waals surface area contributed by atoms with Gasteiger partial charge in [0, 0.05) is 17.9 Å². The molecule has 0 aromatic rings. The second-order valence-electron chi connectivity index (χ2n) is 5.22. The van der Waals surface area contributed by atoms with E-state index in [0.29, 0.717) is 6.10 Å². The SMILES string of the molecule is CC(C)(C)C1CC2=C(CCC(Cl)=C2)O1. The molecule has 0 spiro atoms. The van der Waals surface area contributed by atoms with Crippen LogP contribution in [0.15, 0.2) is 22.4 Å². The van der Waals surface area contributed by atoms with Crippen LogP contribution in [0.4, 0.5) is 0 Å². The predicted octanol–water partition coefficient (Wildman–Crippen LogP) is 3.99. The van der Waals surface area contributed by atoms with Crippen LogP contribution in [0, 0.1) is 5.41 Å². The smallest absolute Gasteiger partial charge is 0.107 e. The zero-order valence-corrected chi connectivity index (χ0v) is 9.82. The molecule has 1 atom stereocenters. The number of rotatable bonds is 0. The van der Waals surface area contributed by atoms with Gasteiger partial charge in [0.15, 0.2) is 0 Å². The van der Waals surface area contributed by atoms with E-state index in [0.717, 1.165) is 24.3 Å². The third-order valence-electron chi connectivity index (χ3n) is 2.94. The van der Waals surface area contributed by atoms with E-state index in [1.54, 1.807) is 0 Å². The lowest BCUT2D eigenvalue weighted by atomic mass is 9.86. The van der Waals surface area contributed by atoms with Crippen LogP contribution in [0.1, 0.15) is 40.0 Å². The van der Waals surface area contributed by atoms with Gasteiger partial charge in [-0.2, -0.15) is 0 Å². The molecule has 0 N–H and O–H groups in total. The van der Waals surface area contributed by atoms with Gasteiger partial charge in [0.1, 0.15) is 11.9 Å². The fraction of sp³-hybridized carbons (Fsp3) is 0.667. The maximum Gasteiger partial charge on any atom is 0.107 e. The Labute approximate surface area is 90.8 Å². The molecule has 2 aliphatic rings. The summed E-state index contributed by atoms with van der Waals surface area (Å²) in [5, 5.41) is 0.974. The van der Waals surface area contributed by atoms with Crippen molar-refractivity contribution in [2.45, 2.75) is 46.1 Å². The molecular formula is C12H17ClO. The Kier molecular flexibility index (Phi) is 2.38. The third kappa shape index (κ3) is 1.83.